The molecule has 0 saturated carbocycles. The van der Waals surface area contributed by atoms with Gasteiger partial charge in [-0.15, -0.1) is 0 Å². The van der Waals surface area contributed by atoms with Crippen LogP contribution in [0, 0.1) is 34.0 Å². The number of hydrogen-bond donors (Lipinski definition) is 1. The maximum absolute atomic E-state index is 13.0. The summed E-state index contributed by atoms with van der Waals surface area (Å²) in [6.45, 7) is 0. The minimum absolute atomic E-state index is 0.0507. The van der Waals surface area contributed by atoms with Crippen LogP contribution in [0.15, 0.2) is 77.5 Å². The van der Waals surface area contributed by atoms with Crippen molar-refractivity contribution in [3.05, 3.63) is 88.6 Å². The van der Waals surface area contributed by atoms with Crippen molar-refractivity contribution in [2.75, 3.05) is 0 Å². The van der Waals surface area contributed by atoms with Gasteiger partial charge in [-0.25, -0.2) is 0 Å². The Labute approximate surface area is 145 Å². The molecule has 0 aliphatic rings. The standard InChI is InChI=1S/C20H12N4O/c21-11-16(12-22)19(24)17(13-23)18(14-7-3-1-4-8-14)20(25)15-9-5-2-6-10-15/h1-10H,24H2. The molecule has 0 saturated heterocycles. The molecule has 0 amide bonds. The van der Waals surface area contributed by atoms with Crippen LogP contribution >= 0.6 is 0 Å². The number of carbonyl (C=O) groups is 1. The number of benzene rings is 2. The van der Waals surface area contributed by atoms with Crippen LogP contribution in [0.5, 0.6) is 0 Å². The van der Waals surface area contributed by atoms with Crippen LogP contribution in [0.4, 0.5) is 0 Å². The van der Waals surface area contributed by atoms with Gasteiger partial charge >= 0.3 is 0 Å². The Morgan fingerprint density at radius 3 is 1.68 bits per heavy atom. The first-order valence-corrected chi connectivity index (χ1v) is 7.23. The number of allylic oxidation sites excluding steroid dienone is 3. The summed E-state index contributed by atoms with van der Waals surface area (Å²) in [5.74, 6) is -0.415. The van der Waals surface area contributed by atoms with Crippen molar-refractivity contribution in [2.24, 2.45) is 5.73 Å². The van der Waals surface area contributed by atoms with Gasteiger partial charge in [0, 0.05) is 11.1 Å². The second-order valence-electron chi connectivity index (χ2n) is 4.94. The van der Waals surface area contributed by atoms with Crippen LogP contribution in [-0.2, 0) is 0 Å². The van der Waals surface area contributed by atoms with Gasteiger partial charge in [-0.1, -0.05) is 60.7 Å². The first-order valence-electron chi connectivity index (χ1n) is 7.23. The Bertz CT molecular complexity index is 966. The van der Waals surface area contributed by atoms with Crippen molar-refractivity contribution in [1.29, 1.82) is 15.8 Å². The first kappa shape index (κ1) is 17.2. The molecular formula is C20H12N4O. The lowest BCUT2D eigenvalue weighted by Crippen LogP contribution is -2.11. The van der Waals surface area contributed by atoms with E-state index in [4.69, 9.17) is 16.3 Å². The molecule has 0 atom stereocenters. The number of nitriles is 3. The van der Waals surface area contributed by atoms with Crippen LogP contribution in [0.3, 0.4) is 0 Å². The Kier molecular flexibility index (Phi) is 5.46. The molecule has 2 N–H and O–H groups in total. The number of nitrogens with zero attached hydrogens (tertiary/aromatic N) is 3. The summed E-state index contributed by atoms with van der Waals surface area (Å²) in [6, 6.07) is 22.1. The van der Waals surface area contributed by atoms with Crippen LogP contribution in [0.25, 0.3) is 5.57 Å². The monoisotopic (exact) mass is 324 g/mol. The molecule has 0 radical (unpaired) electrons. The first-order chi connectivity index (χ1) is 12.1. The lowest BCUT2D eigenvalue weighted by Gasteiger charge is -2.11. The average Bonchev–Trinajstić information content (AvgIpc) is 2.67. The van der Waals surface area contributed by atoms with Crippen molar-refractivity contribution in [1.82, 2.24) is 0 Å². The predicted molar refractivity (Wildman–Crippen MR) is 92.2 cm³/mol. The third-order valence-corrected chi connectivity index (χ3v) is 3.45. The van der Waals surface area contributed by atoms with E-state index in [1.165, 1.54) is 0 Å². The van der Waals surface area contributed by atoms with Gasteiger partial charge in [0.25, 0.3) is 0 Å². The number of ketones is 1. The minimum Gasteiger partial charge on any atom is -0.396 e. The second kappa shape index (κ2) is 7.92. The van der Waals surface area contributed by atoms with E-state index in [0.29, 0.717) is 11.1 Å². The highest BCUT2D eigenvalue weighted by Gasteiger charge is 2.22. The lowest BCUT2D eigenvalue weighted by atomic mass is 9.90. The zero-order valence-electron chi connectivity index (χ0n) is 13.1. The van der Waals surface area contributed by atoms with Crippen molar-refractivity contribution in [2.45, 2.75) is 0 Å². The molecule has 2 aromatic rings. The van der Waals surface area contributed by atoms with Crippen molar-refractivity contribution < 1.29 is 4.79 Å². The van der Waals surface area contributed by atoms with Crippen LogP contribution in [-0.4, -0.2) is 5.78 Å². The molecule has 25 heavy (non-hydrogen) atoms. The summed E-state index contributed by atoms with van der Waals surface area (Å²) in [7, 11) is 0. The third kappa shape index (κ3) is 3.62. The summed E-state index contributed by atoms with van der Waals surface area (Å²) >= 11 is 0. The fourth-order valence-corrected chi connectivity index (χ4v) is 2.25. The van der Waals surface area contributed by atoms with Crippen LogP contribution in [0.1, 0.15) is 15.9 Å². The number of carbonyl (C=O) groups excluding carboxylic acids is 1. The molecule has 0 aliphatic heterocycles. The van der Waals surface area contributed by atoms with Gasteiger partial charge in [0.15, 0.2) is 11.4 Å². The normalized spacial score (nSPS) is 10.4. The third-order valence-electron chi connectivity index (χ3n) is 3.45. The van der Waals surface area contributed by atoms with E-state index in [-0.39, 0.29) is 16.8 Å². The van der Waals surface area contributed by atoms with E-state index in [0.717, 1.165) is 0 Å². The summed E-state index contributed by atoms with van der Waals surface area (Å²) in [5.41, 5.74) is 5.83. The summed E-state index contributed by atoms with van der Waals surface area (Å²) in [5, 5.41) is 27.6. The Balaban J connectivity index is 2.82. The number of nitrogens with two attached hydrogens (primary N) is 1. The van der Waals surface area contributed by atoms with Gasteiger partial charge in [-0.2, -0.15) is 15.8 Å². The molecule has 0 heterocycles. The zero-order chi connectivity index (χ0) is 18.2. The van der Waals surface area contributed by atoms with Crippen LogP contribution in [0.2, 0.25) is 0 Å². The molecule has 0 aromatic heterocycles. The molecular weight excluding hydrogens is 312 g/mol. The molecule has 5 heteroatoms. The summed E-state index contributed by atoms with van der Waals surface area (Å²) in [6.07, 6.45) is 0. The number of rotatable bonds is 4. The maximum Gasteiger partial charge on any atom is 0.195 e. The maximum atomic E-state index is 13.0. The molecule has 2 aromatic carbocycles. The van der Waals surface area contributed by atoms with E-state index < -0.39 is 11.4 Å². The topological polar surface area (TPSA) is 114 Å². The fraction of sp³-hybridized carbons (Fsp3) is 0. The van der Waals surface area contributed by atoms with E-state index in [9.17, 15) is 10.1 Å². The molecule has 0 fully saturated rings. The van der Waals surface area contributed by atoms with E-state index >= 15 is 0 Å². The van der Waals surface area contributed by atoms with E-state index in [1.807, 2.05) is 6.07 Å². The predicted octanol–water partition coefficient (Wildman–Crippen LogP) is 3.11. The van der Waals surface area contributed by atoms with E-state index in [1.54, 1.807) is 72.8 Å². The van der Waals surface area contributed by atoms with Crippen LogP contribution < -0.4 is 5.73 Å². The van der Waals surface area contributed by atoms with Crippen molar-refractivity contribution >= 4 is 11.4 Å². The molecule has 2 rings (SSSR count). The van der Waals surface area contributed by atoms with Gasteiger partial charge in [0.05, 0.1) is 11.3 Å². The van der Waals surface area contributed by atoms with Crippen molar-refractivity contribution in [3.8, 4) is 18.2 Å². The zero-order valence-corrected chi connectivity index (χ0v) is 13.1. The molecule has 0 bridgehead atoms. The highest BCUT2D eigenvalue weighted by atomic mass is 16.1. The summed E-state index contributed by atoms with van der Waals surface area (Å²) in [4.78, 5) is 13.0. The smallest absolute Gasteiger partial charge is 0.195 e. The van der Waals surface area contributed by atoms with Gasteiger partial charge < -0.3 is 5.73 Å². The summed E-state index contributed by atoms with van der Waals surface area (Å²) < 4.78 is 0. The Hall–Kier alpha value is -4.14. The Morgan fingerprint density at radius 1 is 0.760 bits per heavy atom. The number of hydrogen-bond acceptors (Lipinski definition) is 5. The van der Waals surface area contributed by atoms with Gasteiger partial charge in [0.1, 0.15) is 18.2 Å². The molecule has 5 nitrogen and oxygen atoms in total. The van der Waals surface area contributed by atoms with Gasteiger partial charge in [0.2, 0.25) is 0 Å². The number of Topliss-reactive ketones (excluding diaryl/α,β-unsaturated/α-hetero) is 1. The van der Waals surface area contributed by atoms with Gasteiger partial charge in [-0.3, -0.25) is 4.79 Å². The van der Waals surface area contributed by atoms with Gasteiger partial charge in [-0.05, 0) is 5.56 Å². The average molecular weight is 324 g/mol. The Morgan fingerprint density at radius 2 is 1.24 bits per heavy atom. The minimum atomic E-state index is -0.415. The largest absolute Gasteiger partial charge is 0.396 e. The second-order valence-corrected chi connectivity index (χ2v) is 4.94. The molecule has 118 valence electrons. The fourth-order valence-electron chi connectivity index (χ4n) is 2.25. The SMILES string of the molecule is N#CC(C#N)=C(N)C(C#N)=C(C(=O)c1ccccc1)c1ccccc1. The highest BCUT2D eigenvalue weighted by molar-refractivity contribution is 6.30. The lowest BCUT2D eigenvalue weighted by molar-refractivity contribution is 0.105. The molecule has 0 unspecified atom stereocenters. The molecule has 0 spiro atoms. The quantitative estimate of drug-likeness (QED) is 0.401. The molecule has 0 aliphatic carbocycles. The highest BCUT2D eigenvalue weighted by Crippen LogP contribution is 2.26. The van der Waals surface area contributed by atoms with Crippen molar-refractivity contribution in [3.63, 3.8) is 0 Å². The van der Waals surface area contributed by atoms with E-state index in [2.05, 4.69) is 0 Å².